The zero-order chi connectivity index (χ0) is 30.3. The lowest BCUT2D eigenvalue weighted by atomic mass is 9.86. The van der Waals surface area contributed by atoms with Gasteiger partial charge in [-0.05, 0) is 106 Å². The van der Waals surface area contributed by atoms with E-state index in [9.17, 15) is 0 Å². The van der Waals surface area contributed by atoms with Gasteiger partial charge in [-0.2, -0.15) is 0 Å². The van der Waals surface area contributed by atoms with Crippen molar-refractivity contribution in [2.75, 3.05) is 0 Å². The van der Waals surface area contributed by atoms with Crippen molar-refractivity contribution < 1.29 is 0 Å². The van der Waals surface area contributed by atoms with Crippen LogP contribution in [0.5, 0.6) is 0 Å². The third-order valence-electron chi connectivity index (χ3n) is 9.16. The normalized spacial score (nSPS) is 12.5. The number of hydrogen-bond donors (Lipinski definition) is 0. The van der Waals surface area contributed by atoms with E-state index < -0.39 is 0 Å². The highest BCUT2D eigenvalue weighted by molar-refractivity contribution is 6.14. The van der Waals surface area contributed by atoms with Crippen molar-refractivity contribution in [3.8, 4) is 33.4 Å². The molecule has 0 fully saturated rings. The van der Waals surface area contributed by atoms with Crippen molar-refractivity contribution in [1.29, 1.82) is 0 Å². The minimum Gasteiger partial charge on any atom is -0.0990 e. The summed E-state index contributed by atoms with van der Waals surface area (Å²) in [4.78, 5) is 0. The third-order valence-corrected chi connectivity index (χ3v) is 9.16. The van der Waals surface area contributed by atoms with Gasteiger partial charge in [-0.15, -0.1) is 0 Å². The van der Waals surface area contributed by atoms with Crippen molar-refractivity contribution in [3.63, 3.8) is 0 Å². The molecule has 0 aromatic heterocycles. The van der Waals surface area contributed by atoms with Crippen LogP contribution in [0.4, 0.5) is 0 Å². The van der Waals surface area contributed by atoms with Gasteiger partial charge in [-0.25, -0.2) is 0 Å². The summed E-state index contributed by atoms with van der Waals surface area (Å²) < 4.78 is 0. The molecule has 8 rings (SSSR count). The van der Waals surface area contributed by atoms with Crippen LogP contribution in [-0.2, 0) is 0 Å². The van der Waals surface area contributed by atoms with E-state index in [4.69, 9.17) is 0 Å². The Hall–Kier alpha value is -5.72. The van der Waals surface area contributed by atoms with E-state index in [0.717, 1.165) is 0 Å². The fraction of sp³-hybridized carbons (Fsp3) is 0.0222. The smallest absolute Gasteiger partial charge is 0.00263 e. The van der Waals surface area contributed by atoms with Crippen LogP contribution in [0.1, 0.15) is 6.92 Å². The number of fused-ring (bicyclic) bond motifs is 5. The van der Waals surface area contributed by atoms with Gasteiger partial charge >= 0.3 is 0 Å². The Labute approximate surface area is 263 Å². The summed E-state index contributed by atoms with van der Waals surface area (Å²) in [6.45, 7) is 6.27. The van der Waals surface area contributed by atoms with Crippen molar-refractivity contribution in [3.05, 3.63) is 169 Å². The van der Waals surface area contributed by atoms with Gasteiger partial charge in [0.15, 0.2) is 0 Å². The molecule has 0 bridgehead atoms. The van der Waals surface area contributed by atoms with Crippen molar-refractivity contribution >= 4 is 55.2 Å². The van der Waals surface area contributed by atoms with Crippen LogP contribution in [0.3, 0.4) is 0 Å². The van der Waals surface area contributed by atoms with Gasteiger partial charge in [0, 0.05) is 0 Å². The Morgan fingerprint density at radius 2 is 0.956 bits per heavy atom. The molecule has 0 heterocycles. The first-order chi connectivity index (χ1) is 22.2. The van der Waals surface area contributed by atoms with Crippen LogP contribution in [0.15, 0.2) is 158 Å². The average Bonchev–Trinajstić information content (AvgIpc) is 3.11. The summed E-state index contributed by atoms with van der Waals surface area (Å²) >= 11 is 0. The first-order valence-electron chi connectivity index (χ1n) is 15.6. The fourth-order valence-electron chi connectivity index (χ4n) is 7.15. The van der Waals surface area contributed by atoms with Crippen LogP contribution >= 0.6 is 0 Å². The second-order valence-corrected chi connectivity index (χ2v) is 11.6. The topological polar surface area (TPSA) is 0 Å². The third kappa shape index (κ3) is 4.46. The highest BCUT2D eigenvalue weighted by atomic mass is 14.2. The maximum absolute atomic E-state index is 4.12. The molecule has 0 spiro atoms. The average molecular weight is 573 g/mol. The largest absolute Gasteiger partial charge is 0.0990 e. The lowest BCUT2D eigenvalue weighted by Crippen LogP contribution is -2.29. The molecular formula is C45H32. The van der Waals surface area contributed by atoms with Gasteiger partial charge in [0.2, 0.25) is 0 Å². The fourth-order valence-corrected chi connectivity index (χ4v) is 7.15. The van der Waals surface area contributed by atoms with Gasteiger partial charge in [0.1, 0.15) is 0 Å². The molecule has 8 aromatic carbocycles. The van der Waals surface area contributed by atoms with Crippen molar-refractivity contribution in [2.45, 2.75) is 6.92 Å². The second kappa shape index (κ2) is 11.1. The molecule has 0 saturated heterocycles. The minimum absolute atomic E-state index is 1.20. The Kier molecular flexibility index (Phi) is 6.62. The summed E-state index contributed by atoms with van der Waals surface area (Å²) in [6, 6.07) is 53.1. The van der Waals surface area contributed by atoms with Crippen LogP contribution in [-0.4, -0.2) is 0 Å². The second-order valence-electron chi connectivity index (χ2n) is 11.6. The van der Waals surface area contributed by atoms with E-state index in [1.807, 2.05) is 6.08 Å². The molecule has 0 aliphatic heterocycles. The van der Waals surface area contributed by atoms with Gasteiger partial charge in [-0.3, -0.25) is 0 Å². The molecule has 0 heteroatoms. The van der Waals surface area contributed by atoms with Crippen LogP contribution in [0, 0.1) is 0 Å². The molecule has 0 aliphatic rings. The lowest BCUT2D eigenvalue weighted by Gasteiger charge is -2.17. The molecular weight excluding hydrogens is 540 g/mol. The first kappa shape index (κ1) is 26.9. The van der Waals surface area contributed by atoms with E-state index in [2.05, 4.69) is 171 Å². The van der Waals surface area contributed by atoms with E-state index in [1.54, 1.807) is 0 Å². The highest BCUT2D eigenvalue weighted by Crippen LogP contribution is 2.37. The summed E-state index contributed by atoms with van der Waals surface area (Å²) in [5.41, 5.74) is 7.39. The molecule has 0 aliphatic carbocycles. The molecule has 0 radical (unpaired) electrons. The van der Waals surface area contributed by atoms with E-state index >= 15 is 0 Å². The van der Waals surface area contributed by atoms with E-state index in [0.29, 0.717) is 0 Å². The predicted octanol–water partition coefficient (Wildman–Crippen LogP) is 11.1. The zero-order valence-corrected chi connectivity index (χ0v) is 25.3. The number of rotatable bonds is 4. The Morgan fingerprint density at radius 3 is 1.64 bits per heavy atom. The van der Waals surface area contributed by atoms with Crippen molar-refractivity contribution in [1.82, 2.24) is 0 Å². The molecule has 0 N–H and O–H groups in total. The molecule has 0 nitrogen and oxygen atoms in total. The Bertz CT molecular complexity index is 2550. The summed E-state index contributed by atoms with van der Waals surface area (Å²) in [5.74, 6) is 0. The monoisotopic (exact) mass is 572 g/mol. The Morgan fingerprint density at radius 1 is 0.422 bits per heavy atom. The van der Waals surface area contributed by atoms with Gasteiger partial charge in [0.25, 0.3) is 0 Å². The molecule has 0 unspecified atom stereocenters. The molecule has 0 atom stereocenters. The van der Waals surface area contributed by atoms with Crippen LogP contribution in [0.25, 0.3) is 88.6 Å². The van der Waals surface area contributed by atoms with Gasteiger partial charge < -0.3 is 0 Å². The quantitative estimate of drug-likeness (QED) is 0.184. The maximum Gasteiger partial charge on any atom is -0.00263 e. The first-order valence-corrected chi connectivity index (χ1v) is 15.6. The summed E-state index contributed by atoms with van der Waals surface area (Å²) in [7, 11) is 0. The standard InChI is InChI=1S/C45H32/c1-3-13-40-36(4-2)44(41-20-11-12-21-42(41)45(40)35-27-22-30-14-5-6-15-33(30)28-35)32-25-23-31(24-26-32)43-29-34-16-7-8-17-37(34)38-18-9-10-19-39(38)43/h3-29H,1H2,2H3/b36-4+,40-13+. The van der Waals surface area contributed by atoms with Gasteiger partial charge in [0.05, 0.1) is 0 Å². The maximum atomic E-state index is 4.12. The predicted molar refractivity (Wildman–Crippen MR) is 197 cm³/mol. The Balaban J connectivity index is 1.37. The summed E-state index contributed by atoms with van der Waals surface area (Å²) in [6.07, 6.45) is 6.34. The number of benzene rings is 8. The summed E-state index contributed by atoms with van der Waals surface area (Å²) in [5, 5.41) is 12.5. The zero-order valence-electron chi connectivity index (χ0n) is 25.3. The highest BCUT2D eigenvalue weighted by Gasteiger charge is 2.15. The van der Waals surface area contributed by atoms with E-state index in [1.165, 1.54) is 86.9 Å². The molecule has 0 saturated carbocycles. The minimum atomic E-state index is 1.20. The van der Waals surface area contributed by atoms with Crippen LogP contribution in [0.2, 0.25) is 0 Å². The number of hydrogen-bond acceptors (Lipinski definition) is 0. The van der Waals surface area contributed by atoms with Crippen LogP contribution < -0.4 is 10.4 Å². The molecule has 8 aromatic rings. The lowest BCUT2D eigenvalue weighted by molar-refractivity contribution is 1.51. The number of allylic oxidation sites excluding steroid dienone is 1. The van der Waals surface area contributed by atoms with E-state index in [-0.39, 0.29) is 0 Å². The SMILES string of the molecule is C=C/C=c1/c(-c2ccc3ccccc3c2)c2ccccc2c(-c2ccc(-c3cc4ccccc4c4ccccc34)cc2)/c1=C/C. The molecule has 212 valence electrons. The van der Waals surface area contributed by atoms with Gasteiger partial charge in [-0.1, -0.05) is 158 Å². The molecule has 0 amide bonds. The molecule has 45 heavy (non-hydrogen) atoms. The van der Waals surface area contributed by atoms with Crippen molar-refractivity contribution in [2.24, 2.45) is 0 Å².